The standard InChI is InChI=1S/C12H11N3S/c1-2-10-7-12(16)15(14-10)11-5-3-4-9(6-11)8-13/h3-7,14H,2H2,1H3. The van der Waals surface area contributed by atoms with Crippen LogP contribution in [0.1, 0.15) is 18.2 Å². The van der Waals surface area contributed by atoms with E-state index in [0.717, 1.165) is 22.4 Å². The van der Waals surface area contributed by atoms with Crippen LogP contribution in [0.3, 0.4) is 0 Å². The molecule has 2 aromatic rings. The van der Waals surface area contributed by atoms with Crippen LogP contribution in [0.4, 0.5) is 0 Å². The SMILES string of the molecule is CCc1cc(=S)n(-c2cccc(C#N)c2)[nH]1. The van der Waals surface area contributed by atoms with Gasteiger partial charge in [-0.15, -0.1) is 0 Å². The lowest BCUT2D eigenvalue weighted by Crippen LogP contribution is -1.97. The largest absolute Gasteiger partial charge is 0.297 e. The highest BCUT2D eigenvalue weighted by atomic mass is 32.1. The van der Waals surface area contributed by atoms with E-state index in [4.69, 9.17) is 17.5 Å². The van der Waals surface area contributed by atoms with E-state index < -0.39 is 0 Å². The molecule has 1 N–H and O–H groups in total. The van der Waals surface area contributed by atoms with Crippen LogP contribution in [-0.4, -0.2) is 9.78 Å². The Balaban J connectivity index is 2.54. The molecule has 0 aliphatic carbocycles. The van der Waals surface area contributed by atoms with Gasteiger partial charge in [0.2, 0.25) is 0 Å². The average molecular weight is 229 g/mol. The number of nitriles is 1. The lowest BCUT2D eigenvalue weighted by atomic mass is 10.2. The van der Waals surface area contributed by atoms with Gasteiger partial charge in [0.1, 0.15) is 4.64 Å². The van der Waals surface area contributed by atoms with Crippen molar-refractivity contribution in [1.29, 1.82) is 5.26 Å². The molecule has 3 nitrogen and oxygen atoms in total. The van der Waals surface area contributed by atoms with Gasteiger partial charge in [0.15, 0.2) is 0 Å². The van der Waals surface area contributed by atoms with Gasteiger partial charge in [0.25, 0.3) is 0 Å². The van der Waals surface area contributed by atoms with Crippen LogP contribution >= 0.6 is 12.2 Å². The summed E-state index contributed by atoms with van der Waals surface area (Å²) in [5.41, 5.74) is 2.61. The van der Waals surface area contributed by atoms with E-state index in [2.05, 4.69) is 18.1 Å². The fraction of sp³-hybridized carbons (Fsp3) is 0.167. The Morgan fingerprint density at radius 1 is 1.44 bits per heavy atom. The van der Waals surface area contributed by atoms with Gasteiger partial charge in [-0.3, -0.25) is 5.10 Å². The molecule has 0 aliphatic rings. The maximum atomic E-state index is 8.83. The minimum Gasteiger partial charge on any atom is -0.297 e. The zero-order valence-electron chi connectivity index (χ0n) is 8.90. The predicted molar refractivity (Wildman–Crippen MR) is 65.0 cm³/mol. The highest BCUT2D eigenvalue weighted by Crippen LogP contribution is 2.11. The van der Waals surface area contributed by atoms with E-state index in [-0.39, 0.29) is 0 Å². The van der Waals surface area contributed by atoms with Crippen molar-refractivity contribution in [1.82, 2.24) is 9.78 Å². The zero-order chi connectivity index (χ0) is 11.5. The summed E-state index contributed by atoms with van der Waals surface area (Å²) >= 11 is 5.25. The van der Waals surface area contributed by atoms with Gasteiger partial charge < -0.3 is 0 Å². The molecule has 0 fully saturated rings. The van der Waals surface area contributed by atoms with E-state index in [9.17, 15) is 0 Å². The smallest absolute Gasteiger partial charge is 0.127 e. The molecule has 80 valence electrons. The van der Waals surface area contributed by atoms with Gasteiger partial charge in [0.05, 0.1) is 17.3 Å². The van der Waals surface area contributed by atoms with E-state index in [1.807, 2.05) is 28.9 Å². The van der Waals surface area contributed by atoms with Gasteiger partial charge in [0, 0.05) is 5.69 Å². The minimum absolute atomic E-state index is 0.632. The highest BCUT2D eigenvalue weighted by Gasteiger charge is 2.01. The molecule has 0 amide bonds. The second kappa shape index (κ2) is 4.33. The van der Waals surface area contributed by atoms with Crippen molar-refractivity contribution in [2.24, 2.45) is 0 Å². The van der Waals surface area contributed by atoms with Crippen molar-refractivity contribution >= 4 is 12.2 Å². The van der Waals surface area contributed by atoms with Crippen molar-refractivity contribution in [3.8, 4) is 11.8 Å². The number of aryl methyl sites for hydroxylation is 1. The summed E-state index contributed by atoms with van der Waals surface area (Å²) in [6, 6.07) is 11.4. The molecule has 0 saturated carbocycles. The Morgan fingerprint density at radius 2 is 2.25 bits per heavy atom. The fourth-order valence-electron chi connectivity index (χ4n) is 1.53. The number of nitrogens with one attached hydrogen (secondary N) is 1. The molecule has 0 bridgehead atoms. The summed E-state index contributed by atoms with van der Waals surface area (Å²) in [6.07, 6.45) is 0.911. The van der Waals surface area contributed by atoms with Gasteiger partial charge >= 0.3 is 0 Å². The number of rotatable bonds is 2. The first-order valence-corrected chi connectivity index (χ1v) is 5.47. The maximum absolute atomic E-state index is 8.83. The molecule has 1 heterocycles. The molecule has 0 spiro atoms. The number of hydrogen-bond acceptors (Lipinski definition) is 2. The van der Waals surface area contributed by atoms with Gasteiger partial charge in [-0.25, -0.2) is 4.68 Å². The second-order valence-electron chi connectivity index (χ2n) is 3.47. The molecule has 16 heavy (non-hydrogen) atoms. The number of aromatic amines is 1. The summed E-state index contributed by atoms with van der Waals surface area (Å²) in [5.74, 6) is 0. The Bertz CT molecular complexity index is 601. The van der Waals surface area contributed by atoms with Crippen LogP contribution < -0.4 is 0 Å². The summed E-state index contributed by atoms with van der Waals surface area (Å²) < 4.78 is 2.54. The molecule has 4 heteroatoms. The summed E-state index contributed by atoms with van der Waals surface area (Å²) in [5, 5.41) is 12.0. The molecule has 0 atom stereocenters. The van der Waals surface area contributed by atoms with Crippen LogP contribution in [0.2, 0.25) is 0 Å². The Hall–Kier alpha value is -1.86. The summed E-state index contributed by atoms with van der Waals surface area (Å²) in [6.45, 7) is 2.07. The van der Waals surface area contributed by atoms with Crippen LogP contribution in [0.25, 0.3) is 5.69 Å². The lowest BCUT2D eigenvalue weighted by molar-refractivity contribution is 0.833. The molecule has 1 aromatic heterocycles. The van der Waals surface area contributed by atoms with E-state index in [1.54, 1.807) is 6.07 Å². The summed E-state index contributed by atoms with van der Waals surface area (Å²) in [7, 11) is 0. The van der Waals surface area contributed by atoms with Crippen LogP contribution in [0.15, 0.2) is 30.3 Å². The lowest BCUT2D eigenvalue weighted by Gasteiger charge is -2.02. The summed E-state index contributed by atoms with van der Waals surface area (Å²) in [4.78, 5) is 0. The zero-order valence-corrected chi connectivity index (χ0v) is 9.71. The van der Waals surface area contributed by atoms with Crippen molar-refractivity contribution in [2.75, 3.05) is 0 Å². The van der Waals surface area contributed by atoms with Crippen molar-refractivity contribution in [3.05, 3.63) is 46.2 Å². The maximum Gasteiger partial charge on any atom is 0.127 e. The number of nitrogens with zero attached hydrogens (tertiary/aromatic N) is 2. The molecule has 0 unspecified atom stereocenters. The fourth-order valence-corrected chi connectivity index (χ4v) is 1.83. The average Bonchev–Trinajstić information content (AvgIpc) is 2.71. The van der Waals surface area contributed by atoms with E-state index in [0.29, 0.717) is 5.56 Å². The number of aromatic nitrogens is 2. The Morgan fingerprint density at radius 3 is 2.88 bits per heavy atom. The minimum atomic E-state index is 0.632. The molecule has 0 saturated heterocycles. The van der Waals surface area contributed by atoms with Gasteiger partial charge in [-0.2, -0.15) is 5.26 Å². The second-order valence-corrected chi connectivity index (χ2v) is 3.89. The number of H-pyrrole nitrogens is 1. The first kappa shape index (κ1) is 10.7. The predicted octanol–water partition coefficient (Wildman–Crippen LogP) is 2.97. The first-order chi connectivity index (χ1) is 7.74. The first-order valence-electron chi connectivity index (χ1n) is 5.06. The van der Waals surface area contributed by atoms with Crippen molar-refractivity contribution in [2.45, 2.75) is 13.3 Å². The van der Waals surface area contributed by atoms with E-state index in [1.165, 1.54) is 0 Å². The molecule has 1 aromatic carbocycles. The Labute approximate surface area is 98.9 Å². The topological polar surface area (TPSA) is 44.5 Å². The van der Waals surface area contributed by atoms with Crippen LogP contribution in [0.5, 0.6) is 0 Å². The van der Waals surface area contributed by atoms with Crippen LogP contribution in [0, 0.1) is 16.0 Å². The third-order valence-electron chi connectivity index (χ3n) is 2.39. The van der Waals surface area contributed by atoms with Crippen LogP contribution in [-0.2, 0) is 6.42 Å². The Kier molecular flexibility index (Phi) is 2.88. The quantitative estimate of drug-likeness (QED) is 0.805. The molecular weight excluding hydrogens is 218 g/mol. The number of benzene rings is 1. The molecular formula is C12H11N3S. The van der Waals surface area contributed by atoms with Crippen molar-refractivity contribution < 1.29 is 0 Å². The van der Waals surface area contributed by atoms with Crippen molar-refractivity contribution in [3.63, 3.8) is 0 Å². The monoisotopic (exact) mass is 229 g/mol. The highest BCUT2D eigenvalue weighted by molar-refractivity contribution is 7.71. The molecule has 0 radical (unpaired) electrons. The third-order valence-corrected chi connectivity index (χ3v) is 2.69. The van der Waals surface area contributed by atoms with Gasteiger partial charge in [-0.05, 0) is 30.7 Å². The van der Waals surface area contributed by atoms with Gasteiger partial charge in [-0.1, -0.05) is 25.2 Å². The van der Waals surface area contributed by atoms with E-state index >= 15 is 0 Å². The molecule has 0 aliphatic heterocycles. The third kappa shape index (κ3) is 1.90. The normalized spacial score (nSPS) is 10.0. The molecule has 2 rings (SSSR count). The number of hydrogen-bond donors (Lipinski definition) is 1.